The smallest absolute Gasteiger partial charge is 0.388 e. The second-order valence-corrected chi connectivity index (χ2v) is 7.61. The number of fused-ring (bicyclic) bond motifs is 1. The van der Waals surface area contributed by atoms with E-state index in [4.69, 9.17) is 32.7 Å². The molecule has 3 rings (SSSR count). The minimum absolute atomic E-state index is 0.0159. The summed E-state index contributed by atoms with van der Waals surface area (Å²) < 4.78 is 41.3. The van der Waals surface area contributed by atoms with Gasteiger partial charge in [0, 0.05) is 44.0 Å². The molecule has 0 radical (unpaired) electrons. The Bertz CT molecular complexity index is 1100. The third-order valence-electron chi connectivity index (χ3n) is 4.46. The van der Waals surface area contributed by atoms with Crippen molar-refractivity contribution < 1.29 is 27.8 Å². The fourth-order valence-electron chi connectivity index (χ4n) is 3.15. The number of hydrogen-bond acceptors (Lipinski definition) is 7. The van der Waals surface area contributed by atoms with Crippen molar-refractivity contribution in [3.8, 4) is 5.88 Å². The summed E-state index contributed by atoms with van der Waals surface area (Å²) in [5, 5.41) is 4.41. The highest BCUT2D eigenvalue weighted by molar-refractivity contribution is 6.31. The van der Waals surface area contributed by atoms with Gasteiger partial charge in [0.1, 0.15) is 10.8 Å². The molecule has 0 aromatic carbocycles. The van der Waals surface area contributed by atoms with E-state index in [1.165, 1.54) is 12.3 Å². The van der Waals surface area contributed by atoms with E-state index in [-0.39, 0.29) is 28.8 Å². The predicted octanol–water partition coefficient (Wildman–Crippen LogP) is 4.11. The van der Waals surface area contributed by atoms with Crippen LogP contribution in [0.15, 0.2) is 24.5 Å². The average molecular weight is 489 g/mol. The molecule has 0 spiro atoms. The molecule has 3 heterocycles. The number of carbonyl (C=O) groups excluding carboxylic acids is 1. The Kier molecular flexibility index (Phi) is 8.30. The van der Waals surface area contributed by atoms with Gasteiger partial charge < -0.3 is 14.2 Å². The van der Waals surface area contributed by atoms with Crippen molar-refractivity contribution in [2.45, 2.75) is 32.5 Å². The van der Waals surface area contributed by atoms with E-state index >= 15 is 0 Å². The first-order valence-corrected chi connectivity index (χ1v) is 10.3. The molecule has 32 heavy (non-hydrogen) atoms. The summed E-state index contributed by atoms with van der Waals surface area (Å²) in [5.41, 5.74) is 2.24. The summed E-state index contributed by atoms with van der Waals surface area (Å²) in [4.78, 5) is 20.8. The van der Waals surface area contributed by atoms with Crippen LogP contribution in [-0.4, -0.2) is 52.3 Å². The highest BCUT2D eigenvalue weighted by Crippen LogP contribution is 2.26. The highest BCUT2D eigenvalue weighted by atomic mass is 35.5. The molecule has 1 atom stereocenters. The minimum Gasteiger partial charge on any atom is -0.415 e. The molecule has 0 saturated heterocycles. The zero-order valence-electron chi connectivity index (χ0n) is 17.2. The lowest BCUT2D eigenvalue weighted by atomic mass is 10.0. The van der Waals surface area contributed by atoms with Gasteiger partial charge in [0.15, 0.2) is 10.8 Å². The van der Waals surface area contributed by atoms with E-state index < -0.39 is 18.6 Å². The van der Waals surface area contributed by atoms with Gasteiger partial charge in [-0.3, -0.25) is 4.79 Å². The fraction of sp³-hybridized carbons (Fsp3) is 0.400. The summed E-state index contributed by atoms with van der Waals surface area (Å²) in [6, 6.07) is 2.98. The van der Waals surface area contributed by atoms with Crippen molar-refractivity contribution in [2.24, 2.45) is 0 Å². The maximum absolute atomic E-state index is 12.8. The van der Waals surface area contributed by atoms with Crippen LogP contribution in [0.1, 0.15) is 29.8 Å². The molecule has 0 amide bonds. The van der Waals surface area contributed by atoms with Crippen molar-refractivity contribution in [1.82, 2.24) is 19.6 Å². The monoisotopic (exact) mass is 488 g/mol. The van der Waals surface area contributed by atoms with Crippen LogP contribution < -0.4 is 4.74 Å². The van der Waals surface area contributed by atoms with Crippen LogP contribution >= 0.6 is 23.2 Å². The van der Waals surface area contributed by atoms with Crippen molar-refractivity contribution in [3.05, 3.63) is 51.5 Å². The number of ketones is 1. The number of halogens is 4. The average Bonchev–Trinajstić information content (AvgIpc) is 3.09. The Labute approximate surface area is 192 Å². The summed E-state index contributed by atoms with van der Waals surface area (Å²) in [6.45, 7) is -0.455. The van der Waals surface area contributed by atoms with E-state index in [0.29, 0.717) is 35.7 Å². The minimum atomic E-state index is -3.04. The number of aromatic nitrogens is 4. The van der Waals surface area contributed by atoms with E-state index in [1.807, 2.05) is 6.92 Å². The fourth-order valence-corrected chi connectivity index (χ4v) is 3.56. The van der Waals surface area contributed by atoms with Gasteiger partial charge in [-0.1, -0.05) is 23.2 Å². The van der Waals surface area contributed by atoms with Crippen molar-refractivity contribution in [2.75, 3.05) is 20.3 Å². The standard InChI is InChI=1S/C20H20Cl2F2N4O4/c1-11(31-4-3-30-2)18-13(10-25-17-8-16(22)27-28(17)18)7-14(29)5-12-6-15(21)19(26-9-12)32-20(23)24/h6,8-11,20H,3-5,7H2,1-2H3/t11-/m0/s1. The van der Waals surface area contributed by atoms with E-state index in [2.05, 4.69) is 19.8 Å². The van der Waals surface area contributed by atoms with Gasteiger partial charge in [0.05, 0.1) is 25.0 Å². The quantitative estimate of drug-likeness (QED) is 0.375. The van der Waals surface area contributed by atoms with Gasteiger partial charge in [0.2, 0.25) is 5.88 Å². The summed E-state index contributed by atoms with van der Waals surface area (Å²) in [7, 11) is 1.57. The first kappa shape index (κ1) is 24.2. The number of rotatable bonds is 11. The summed E-state index contributed by atoms with van der Waals surface area (Å²) in [5.74, 6) is -0.567. The number of nitrogens with zero attached hydrogens (tertiary/aromatic N) is 4. The summed E-state index contributed by atoms with van der Waals surface area (Å²) in [6.07, 6.45) is 2.45. The number of carbonyl (C=O) groups is 1. The number of alkyl halides is 2. The van der Waals surface area contributed by atoms with Gasteiger partial charge in [-0.25, -0.2) is 14.5 Å². The Morgan fingerprint density at radius 1 is 1.16 bits per heavy atom. The number of ether oxygens (including phenoxy) is 3. The van der Waals surface area contributed by atoms with Gasteiger partial charge in [-0.15, -0.1) is 0 Å². The van der Waals surface area contributed by atoms with Crippen LogP contribution in [0.4, 0.5) is 8.78 Å². The normalized spacial score (nSPS) is 12.5. The van der Waals surface area contributed by atoms with E-state index in [0.717, 1.165) is 0 Å². The molecule has 0 N–H and O–H groups in total. The Morgan fingerprint density at radius 3 is 2.62 bits per heavy atom. The third kappa shape index (κ3) is 6.10. The molecule has 0 bridgehead atoms. The Hall–Kier alpha value is -2.40. The van der Waals surface area contributed by atoms with Crippen LogP contribution in [0.25, 0.3) is 5.65 Å². The molecule has 3 aromatic heterocycles. The topological polar surface area (TPSA) is 87.8 Å². The first-order valence-electron chi connectivity index (χ1n) is 9.53. The molecule has 0 aliphatic carbocycles. The van der Waals surface area contributed by atoms with Crippen molar-refractivity contribution in [3.63, 3.8) is 0 Å². The van der Waals surface area contributed by atoms with Gasteiger partial charge >= 0.3 is 6.61 Å². The molecule has 0 fully saturated rings. The van der Waals surface area contributed by atoms with Crippen LogP contribution in [0.2, 0.25) is 10.2 Å². The second-order valence-electron chi connectivity index (χ2n) is 6.81. The molecule has 0 unspecified atom stereocenters. The number of methoxy groups -OCH3 is 1. The lowest BCUT2D eigenvalue weighted by Crippen LogP contribution is -2.17. The van der Waals surface area contributed by atoms with Crippen LogP contribution in [0.3, 0.4) is 0 Å². The number of Topliss-reactive ketones (excluding diaryl/α,β-unsaturated/α-hetero) is 1. The highest BCUT2D eigenvalue weighted by Gasteiger charge is 2.20. The maximum atomic E-state index is 12.8. The largest absolute Gasteiger partial charge is 0.415 e. The zero-order chi connectivity index (χ0) is 23.3. The van der Waals surface area contributed by atoms with Crippen LogP contribution in [-0.2, 0) is 27.1 Å². The number of pyridine rings is 1. The lowest BCUT2D eigenvalue weighted by molar-refractivity contribution is -0.117. The van der Waals surface area contributed by atoms with Crippen molar-refractivity contribution in [1.29, 1.82) is 0 Å². The van der Waals surface area contributed by atoms with Crippen LogP contribution in [0.5, 0.6) is 5.88 Å². The van der Waals surface area contributed by atoms with Gasteiger partial charge in [-0.2, -0.15) is 13.9 Å². The van der Waals surface area contributed by atoms with E-state index in [9.17, 15) is 13.6 Å². The maximum Gasteiger partial charge on any atom is 0.388 e. The molecule has 0 aliphatic rings. The SMILES string of the molecule is COCCO[C@@H](C)c1c(CC(=O)Cc2cnc(OC(F)F)c(Cl)c2)cnc2cc(Cl)nn12. The van der Waals surface area contributed by atoms with Crippen molar-refractivity contribution >= 4 is 34.6 Å². The third-order valence-corrected chi connectivity index (χ3v) is 4.92. The molecule has 172 valence electrons. The molecule has 12 heteroatoms. The zero-order valence-corrected chi connectivity index (χ0v) is 18.7. The van der Waals surface area contributed by atoms with Gasteiger partial charge in [0.25, 0.3) is 0 Å². The summed E-state index contributed by atoms with van der Waals surface area (Å²) >= 11 is 12.0. The molecule has 3 aromatic rings. The van der Waals surface area contributed by atoms with Crippen LogP contribution in [0, 0.1) is 0 Å². The first-order chi connectivity index (χ1) is 15.3. The lowest BCUT2D eigenvalue weighted by Gasteiger charge is -2.18. The Morgan fingerprint density at radius 2 is 1.94 bits per heavy atom. The number of hydrogen-bond donors (Lipinski definition) is 0. The molecular formula is C20H20Cl2F2N4O4. The second kappa shape index (κ2) is 11.0. The molecule has 8 nitrogen and oxygen atoms in total. The molecule has 0 saturated carbocycles. The van der Waals surface area contributed by atoms with E-state index in [1.54, 1.807) is 23.9 Å². The van der Waals surface area contributed by atoms with Gasteiger partial charge in [-0.05, 0) is 18.6 Å². The predicted molar refractivity (Wildman–Crippen MR) is 113 cm³/mol. The Balaban J connectivity index is 1.80. The molecule has 0 aliphatic heterocycles. The molecular weight excluding hydrogens is 469 g/mol.